The molecule has 0 aliphatic carbocycles. The minimum absolute atomic E-state index is 0.0263. The molecule has 0 saturated carbocycles. The van der Waals surface area contributed by atoms with Crippen LogP contribution >= 0.6 is 11.6 Å². The van der Waals surface area contributed by atoms with Crippen molar-refractivity contribution in [3.05, 3.63) is 62.9 Å². The Labute approximate surface area is 158 Å². The number of methoxy groups -OCH3 is 1. The van der Waals surface area contributed by atoms with E-state index in [1.54, 1.807) is 0 Å². The summed E-state index contributed by atoms with van der Waals surface area (Å²) in [6, 6.07) is 7.60. The number of non-ortho nitro benzene ring substituents is 1. The molecule has 2 rings (SSSR count). The van der Waals surface area contributed by atoms with Crippen LogP contribution in [0, 0.1) is 15.9 Å². The van der Waals surface area contributed by atoms with E-state index in [0.29, 0.717) is 0 Å². The molecular weight excluding hydrogens is 383 g/mol. The zero-order chi connectivity index (χ0) is 20.0. The first-order chi connectivity index (χ1) is 12.8. The number of anilines is 1. The molecular formula is C17H14ClFN2O6. The number of nitrogens with zero attached hydrogens (tertiary/aromatic N) is 1. The van der Waals surface area contributed by atoms with E-state index < -0.39 is 35.6 Å². The average Bonchev–Trinajstić information content (AvgIpc) is 2.63. The molecule has 0 fully saturated rings. The van der Waals surface area contributed by atoms with Gasteiger partial charge < -0.3 is 14.8 Å². The molecule has 0 aliphatic rings. The largest absolute Gasteiger partial charge is 0.494 e. The number of esters is 1. The first-order valence-corrected chi connectivity index (χ1v) is 7.90. The highest BCUT2D eigenvalue weighted by Gasteiger charge is 2.16. The molecule has 1 N–H and O–H groups in total. The van der Waals surface area contributed by atoms with Crippen LogP contribution in [0.5, 0.6) is 5.75 Å². The van der Waals surface area contributed by atoms with Gasteiger partial charge in [0.15, 0.2) is 6.61 Å². The predicted molar refractivity (Wildman–Crippen MR) is 94.4 cm³/mol. The van der Waals surface area contributed by atoms with Gasteiger partial charge in [-0.3, -0.25) is 19.7 Å². The number of carbonyl (C=O) groups excluding carboxylic acids is 2. The lowest BCUT2D eigenvalue weighted by Crippen LogP contribution is -2.22. The topological polar surface area (TPSA) is 108 Å². The Morgan fingerprint density at radius 1 is 1.30 bits per heavy atom. The van der Waals surface area contributed by atoms with Crippen LogP contribution < -0.4 is 10.1 Å². The van der Waals surface area contributed by atoms with Crippen molar-refractivity contribution < 1.29 is 28.4 Å². The first kappa shape index (κ1) is 20.1. The second-order valence-electron chi connectivity index (χ2n) is 5.23. The highest BCUT2D eigenvalue weighted by Crippen LogP contribution is 2.28. The van der Waals surface area contributed by atoms with Gasteiger partial charge in [0.05, 0.1) is 30.2 Å². The summed E-state index contributed by atoms with van der Waals surface area (Å²) in [5, 5.41) is 13.2. The highest BCUT2D eigenvalue weighted by molar-refractivity contribution is 6.31. The standard InChI is InChI=1S/C17H14ClFN2O6/c1-26-15-7-10(21(24)25)5-6-14(15)20-16(22)9-27-17(23)8-11-12(18)3-2-4-13(11)19/h2-7H,8-9H2,1H3,(H,20,22). The van der Waals surface area contributed by atoms with Crippen molar-refractivity contribution in [3.63, 3.8) is 0 Å². The Morgan fingerprint density at radius 3 is 2.67 bits per heavy atom. The molecule has 8 nitrogen and oxygen atoms in total. The van der Waals surface area contributed by atoms with Crippen molar-refractivity contribution in [2.75, 3.05) is 19.0 Å². The number of nitrogens with one attached hydrogen (secondary N) is 1. The number of amides is 1. The minimum Gasteiger partial charge on any atom is -0.494 e. The van der Waals surface area contributed by atoms with Crippen LogP contribution in [0.4, 0.5) is 15.8 Å². The Hall–Kier alpha value is -3.20. The van der Waals surface area contributed by atoms with Crippen molar-refractivity contribution in [2.24, 2.45) is 0 Å². The van der Waals surface area contributed by atoms with Crippen molar-refractivity contribution >= 4 is 34.9 Å². The molecule has 0 unspecified atom stereocenters. The molecule has 0 bridgehead atoms. The van der Waals surface area contributed by atoms with Gasteiger partial charge in [-0.1, -0.05) is 17.7 Å². The molecule has 142 valence electrons. The molecule has 27 heavy (non-hydrogen) atoms. The summed E-state index contributed by atoms with van der Waals surface area (Å²) in [5.41, 5.74) is -0.0686. The van der Waals surface area contributed by atoms with E-state index in [9.17, 15) is 24.1 Å². The summed E-state index contributed by atoms with van der Waals surface area (Å²) in [5.74, 6) is -2.12. The van der Waals surface area contributed by atoms with Gasteiger partial charge in [0.25, 0.3) is 11.6 Å². The number of hydrogen-bond acceptors (Lipinski definition) is 6. The maximum Gasteiger partial charge on any atom is 0.310 e. The lowest BCUT2D eigenvalue weighted by molar-refractivity contribution is -0.384. The van der Waals surface area contributed by atoms with Gasteiger partial charge in [-0.2, -0.15) is 0 Å². The van der Waals surface area contributed by atoms with E-state index in [-0.39, 0.29) is 27.7 Å². The van der Waals surface area contributed by atoms with E-state index >= 15 is 0 Å². The molecule has 0 heterocycles. The number of rotatable bonds is 7. The smallest absolute Gasteiger partial charge is 0.310 e. The van der Waals surface area contributed by atoms with Gasteiger partial charge in [-0.15, -0.1) is 0 Å². The highest BCUT2D eigenvalue weighted by atomic mass is 35.5. The van der Waals surface area contributed by atoms with Crippen molar-refractivity contribution in [3.8, 4) is 5.75 Å². The van der Waals surface area contributed by atoms with Crippen LogP contribution in [0.15, 0.2) is 36.4 Å². The first-order valence-electron chi connectivity index (χ1n) is 7.52. The molecule has 0 spiro atoms. The van der Waals surface area contributed by atoms with Crippen LogP contribution in [0.25, 0.3) is 0 Å². The second-order valence-corrected chi connectivity index (χ2v) is 5.63. The summed E-state index contributed by atoms with van der Waals surface area (Å²) in [6.45, 7) is -0.634. The molecule has 0 aromatic heterocycles. The van der Waals surface area contributed by atoms with Gasteiger partial charge in [0.2, 0.25) is 0 Å². The van der Waals surface area contributed by atoms with E-state index in [0.717, 1.165) is 12.1 Å². The van der Waals surface area contributed by atoms with Gasteiger partial charge in [-0.25, -0.2) is 4.39 Å². The second kappa shape index (κ2) is 8.95. The molecule has 2 aromatic rings. The predicted octanol–water partition coefficient (Wildman–Crippen LogP) is 3.12. The maximum atomic E-state index is 13.6. The number of ether oxygens (including phenoxy) is 2. The fourth-order valence-corrected chi connectivity index (χ4v) is 2.36. The quantitative estimate of drug-likeness (QED) is 0.437. The SMILES string of the molecule is COc1cc([N+](=O)[O-])ccc1NC(=O)COC(=O)Cc1c(F)cccc1Cl. The van der Waals surface area contributed by atoms with E-state index in [2.05, 4.69) is 5.32 Å². The summed E-state index contributed by atoms with van der Waals surface area (Å²) in [4.78, 5) is 33.8. The molecule has 1 amide bonds. The van der Waals surface area contributed by atoms with Gasteiger partial charge in [0.1, 0.15) is 11.6 Å². The third-order valence-corrected chi connectivity index (χ3v) is 3.77. The summed E-state index contributed by atoms with van der Waals surface area (Å²) >= 11 is 5.82. The Morgan fingerprint density at radius 2 is 2.04 bits per heavy atom. The zero-order valence-corrected chi connectivity index (χ0v) is 14.8. The number of hydrogen-bond donors (Lipinski definition) is 1. The molecule has 0 atom stereocenters. The molecule has 0 saturated heterocycles. The number of nitro benzene ring substituents is 1. The van der Waals surface area contributed by atoms with E-state index in [1.807, 2.05) is 0 Å². The number of carbonyl (C=O) groups is 2. The lowest BCUT2D eigenvalue weighted by atomic mass is 10.1. The fraction of sp³-hybridized carbons (Fsp3) is 0.176. The Bertz CT molecular complexity index is 869. The van der Waals surface area contributed by atoms with Crippen LogP contribution in [0.3, 0.4) is 0 Å². The molecule has 0 aliphatic heterocycles. The third-order valence-electron chi connectivity index (χ3n) is 3.42. The molecule has 10 heteroatoms. The van der Waals surface area contributed by atoms with E-state index in [1.165, 1.54) is 31.4 Å². The van der Waals surface area contributed by atoms with Crippen molar-refractivity contribution in [2.45, 2.75) is 6.42 Å². The normalized spacial score (nSPS) is 10.2. The van der Waals surface area contributed by atoms with Gasteiger partial charge in [-0.05, 0) is 18.2 Å². The van der Waals surface area contributed by atoms with Crippen molar-refractivity contribution in [1.29, 1.82) is 0 Å². The van der Waals surface area contributed by atoms with Crippen molar-refractivity contribution in [1.82, 2.24) is 0 Å². The maximum absolute atomic E-state index is 13.6. The molecule has 0 radical (unpaired) electrons. The Kier molecular flexibility index (Phi) is 6.67. The lowest BCUT2D eigenvalue weighted by Gasteiger charge is -2.10. The fourth-order valence-electron chi connectivity index (χ4n) is 2.13. The van der Waals surface area contributed by atoms with Crippen LogP contribution in [-0.2, 0) is 20.7 Å². The van der Waals surface area contributed by atoms with Gasteiger partial charge >= 0.3 is 5.97 Å². The molecule has 2 aromatic carbocycles. The summed E-state index contributed by atoms with van der Waals surface area (Å²) in [6.07, 6.45) is -0.431. The monoisotopic (exact) mass is 396 g/mol. The number of halogens is 2. The minimum atomic E-state index is -0.840. The number of nitro groups is 1. The number of benzene rings is 2. The van der Waals surface area contributed by atoms with Gasteiger partial charge in [0, 0.05) is 16.7 Å². The van der Waals surface area contributed by atoms with Crippen LogP contribution in [0.1, 0.15) is 5.56 Å². The zero-order valence-electron chi connectivity index (χ0n) is 14.0. The van der Waals surface area contributed by atoms with E-state index in [4.69, 9.17) is 21.1 Å². The summed E-state index contributed by atoms with van der Waals surface area (Å²) in [7, 11) is 1.28. The Balaban J connectivity index is 1.94. The summed E-state index contributed by atoms with van der Waals surface area (Å²) < 4.78 is 23.4. The third kappa shape index (κ3) is 5.38. The van der Waals surface area contributed by atoms with Crippen LogP contribution in [0.2, 0.25) is 5.02 Å². The van der Waals surface area contributed by atoms with Crippen LogP contribution in [-0.4, -0.2) is 30.5 Å². The average molecular weight is 397 g/mol.